The first kappa shape index (κ1) is 15.0. The van der Waals surface area contributed by atoms with Gasteiger partial charge in [-0.25, -0.2) is 0 Å². The summed E-state index contributed by atoms with van der Waals surface area (Å²) in [6, 6.07) is 5.17. The maximum Gasteiger partial charge on any atom is 0.260 e. The zero-order valence-corrected chi connectivity index (χ0v) is 12.9. The lowest BCUT2D eigenvalue weighted by atomic mass is 10.2. The number of benzene rings is 1. The fraction of sp³-hybridized carbons (Fsp3) is 0.467. The van der Waals surface area contributed by atoms with Crippen LogP contribution in [0.2, 0.25) is 0 Å². The van der Waals surface area contributed by atoms with Crippen LogP contribution in [0.5, 0.6) is 5.75 Å². The van der Waals surface area contributed by atoms with Gasteiger partial charge in [0.1, 0.15) is 5.75 Å². The molecule has 1 heterocycles. The Kier molecular flexibility index (Phi) is 5.59. The van der Waals surface area contributed by atoms with Crippen LogP contribution in [-0.2, 0) is 4.79 Å². The molecule has 0 saturated carbocycles. The van der Waals surface area contributed by atoms with Crippen molar-refractivity contribution >= 4 is 28.1 Å². The Morgan fingerprint density at radius 3 is 2.60 bits per heavy atom. The SMILES string of the molecule is O=Cc1cc(Br)ccc1OCC(=O)N1CCCCCC1. The molecule has 1 aromatic rings. The molecule has 0 radical (unpaired) electrons. The molecule has 0 bridgehead atoms. The van der Waals surface area contributed by atoms with Gasteiger partial charge in [0.25, 0.3) is 5.91 Å². The molecule has 1 aliphatic rings. The Hall–Kier alpha value is -1.36. The van der Waals surface area contributed by atoms with Crippen LogP contribution in [0.1, 0.15) is 36.0 Å². The normalized spacial score (nSPS) is 15.6. The smallest absolute Gasteiger partial charge is 0.260 e. The molecule has 1 fully saturated rings. The second-order valence-electron chi connectivity index (χ2n) is 4.88. The second kappa shape index (κ2) is 7.43. The highest BCUT2D eigenvalue weighted by molar-refractivity contribution is 9.10. The summed E-state index contributed by atoms with van der Waals surface area (Å²) in [6.45, 7) is 1.61. The number of nitrogens with zero attached hydrogens (tertiary/aromatic N) is 1. The molecule has 4 nitrogen and oxygen atoms in total. The van der Waals surface area contributed by atoms with Crippen molar-refractivity contribution in [2.75, 3.05) is 19.7 Å². The summed E-state index contributed by atoms with van der Waals surface area (Å²) in [5.41, 5.74) is 0.447. The van der Waals surface area contributed by atoms with Crippen molar-refractivity contribution in [3.8, 4) is 5.75 Å². The quantitative estimate of drug-likeness (QED) is 0.792. The van der Waals surface area contributed by atoms with Crippen molar-refractivity contribution in [3.05, 3.63) is 28.2 Å². The van der Waals surface area contributed by atoms with Crippen molar-refractivity contribution in [1.82, 2.24) is 4.90 Å². The van der Waals surface area contributed by atoms with E-state index in [0.29, 0.717) is 11.3 Å². The molecular weight excluding hydrogens is 322 g/mol. The molecule has 1 aromatic carbocycles. The summed E-state index contributed by atoms with van der Waals surface area (Å²) >= 11 is 3.30. The fourth-order valence-electron chi connectivity index (χ4n) is 2.29. The van der Waals surface area contributed by atoms with E-state index >= 15 is 0 Å². The van der Waals surface area contributed by atoms with Crippen LogP contribution in [0, 0.1) is 0 Å². The highest BCUT2D eigenvalue weighted by Crippen LogP contribution is 2.21. The third-order valence-electron chi connectivity index (χ3n) is 3.41. The lowest BCUT2D eigenvalue weighted by molar-refractivity contribution is -0.133. The van der Waals surface area contributed by atoms with Crippen LogP contribution in [0.4, 0.5) is 0 Å². The Morgan fingerprint density at radius 1 is 1.25 bits per heavy atom. The Balaban J connectivity index is 1.94. The number of carbonyl (C=O) groups excluding carboxylic acids is 2. The van der Waals surface area contributed by atoms with Crippen molar-refractivity contribution in [2.24, 2.45) is 0 Å². The first-order valence-corrected chi connectivity index (χ1v) is 7.65. The van der Waals surface area contributed by atoms with Gasteiger partial charge < -0.3 is 9.64 Å². The van der Waals surface area contributed by atoms with E-state index in [0.717, 1.165) is 36.7 Å². The molecular formula is C15H18BrNO3. The lowest BCUT2D eigenvalue weighted by Crippen LogP contribution is -2.35. The van der Waals surface area contributed by atoms with Crippen LogP contribution in [0.25, 0.3) is 0 Å². The Morgan fingerprint density at radius 2 is 1.95 bits per heavy atom. The van der Waals surface area contributed by atoms with Gasteiger partial charge in [0.2, 0.25) is 0 Å². The molecule has 0 unspecified atom stereocenters. The van der Waals surface area contributed by atoms with Gasteiger partial charge in [0.15, 0.2) is 12.9 Å². The number of hydrogen-bond donors (Lipinski definition) is 0. The molecule has 20 heavy (non-hydrogen) atoms. The topological polar surface area (TPSA) is 46.6 Å². The van der Waals surface area contributed by atoms with E-state index in [1.165, 1.54) is 12.8 Å². The highest BCUT2D eigenvalue weighted by atomic mass is 79.9. The number of halogens is 1. The number of ether oxygens (including phenoxy) is 1. The maximum absolute atomic E-state index is 12.1. The molecule has 0 aliphatic carbocycles. The van der Waals surface area contributed by atoms with E-state index in [2.05, 4.69) is 15.9 Å². The zero-order valence-electron chi connectivity index (χ0n) is 11.3. The van der Waals surface area contributed by atoms with Gasteiger partial charge in [-0.05, 0) is 31.0 Å². The molecule has 1 saturated heterocycles. The molecule has 108 valence electrons. The summed E-state index contributed by atoms with van der Waals surface area (Å²) < 4.78 is 6.31. The van der Waals surface area contributed by atoms with Crippen molar-refractivity contribution in [2.45, 2.75) is 25.7 Å². The van der Waals surface area contributed by atoms with E-state index in [1.54, 1.807) is 18.2 Å². The second-order valence-corrected chi connectivity index (χ2v) is 5.80. The van der Waals surface area contributed by atoms with Crippen molar-refractivity contribution in [3.63, 3.8) is 0 Å². The van der Waals surface area contributed by atoms with Crippen LogP contribution in [-0.4, -0.2) is 36.8 Å². The fourth-order valence-corrected chi connectivity index (χ4v) is 2.67. The highest BCUT2D eigenvalue weighted by Gasteiger charge is 2.16. The number of hydrogen-bond acceptors (Lipinski definition) is 3. The van der Waals surface area contributed by atoms with E-state index in [9.17, 15) is 9.59 Å². The Bertz CT molecular complexity index is 482. The molecule has 0 N–H and O–H groups in total. The molecule has 0 spiro atoms. The number of carbonyl (C=O) groups is 2. The largest absolute Gasteiger partial charge is 0.483 e. The van der Waals surface area contributed by atoms with Gasteiger partial charge in [0.05, 0.1) is 5.56 Å². The third-order valence-corrected chi connectivity index (χ3v) is 3.90. The average Bonchev–Trinajstić information content (AvgIpc) is 2.74. The molecule has 1 aliphatic heterocycles. The molecule has 0 atom stereocenters. The van der Waals surface area contributed by atoms with Gasteiger partial charge >= 0.3 is 0 Å². The van der Waals surface area contributed by atoms with E-state index in [4.69, 9.17) is 4.74 Å². The van der Waals surface area contributed by atoms with E-state index in [1.807, 2.05) is 4.90 Å². The van der Waals surface area contributed by atoms with Crippen LogP contribution in [0.3, 0.4) is 0 Å². The number of amides is 1. The summed E-state index contributed by atoms with van der Waals surface area (Å²) in [4.78, 5) is 24.9. The first-order valence-electron chi connectivity index (χ1n) is 6.86. The maximum atomic E-state index is 12.1. The van der Waals surface area contributed by atoms with Gasteiger partial charge in [-0.2, -0.15) is 0 Å². The van der Waals surface area contributed by atoms with Gasteiger partial charge in [-0.15, -0.1) is 0 Å². The number of likely N-dealkylation sites (tertiary alicyclic amines) is 1. The third kappa shape index (κ3) is 4.07. The monoisotopic (exact) mass is 339 g/mol. The minimum atomic E-state index is -0.0114. The molecule has 2 rings (SSSR count). The Labute approximate surface area is 127 Å². The van der Waals surface area contributed by atoms with Gasteiger partial charge in [0, 0.05) is 17.6 Å². The van der Waals surface area contributed by atoms with E-state index < -0.39 is 0 Å². The van der Waals surface area contributed by atoms with Crippen molar-refractivity contribution < 1.29 is 14.3 Å². The van der Waals surface area contributed by atoms with Crippen LogP contribution < -0.4 is 4.74 Å². The standard InChI is InChI=1S/C15H18BrNO3/c16-13-5-6-14(12(9-13)10-18)20-11-15(19)17-7-3-1-2-4-8-17/h5-6,9-10H,1-4,7-8,11H2. The summed E-state index contributed by atoms with van der Waals surface area (Å²) in [6.07, 6.45) is 5.23. The summed E-state index contributed by atoms with van der Waals surface area (Å²) in [5, 5.41) is 0. The summed E-state index contributed by atoms with van der Waals surface area (Å²) in [5.74, 6) is 0.443. The average molecular weight is 340 g/mol. The first-order chi connectivity index (χ1) is 9.70. The minimum absolute atomic E-state index is 0.00772. The minimum Gasteiger partial charge on any atom is -0.483 e. The molecule has 0 aromatic heterocycles. The van der Waals surface area contributed by atoms with Gasteiger partial charge in [-0.1, -0.05) is 28.8 Å². The van der Waals surface area contributed by atoms with Gasteiger partial charge in [-0.3, -0.25) is 9.59 Å². The van der Waals surface area contributed by atoms with Crippen molar-refractivity contribution in [1.29, 1.82) is 0 Å². The summed E-state index contributed by atoms with van der Waals surface area (Å²) in [7, 11) is 0. The zero-order chi connectivity index (χ0) is 14.4. The lowest BCUT2D eigenvalue weighted by Gasteiger charge is -2.20. The van der Waals surface area contributed by atoms with Crippen LogP contribution >= 0.6 is 15.9 Å². The predicted octanol–water partition coefficient (Wildman–Crippen LogP) is 3.04. The number of aldehydes is 1. The molecule has 1 amide bonds. The van der Waals surface area contributed by atoms with Crippen LogP contribution in [0.15, 0.2) is 22.7 Å². The van der Waals surface area contributed by atoms with E-state index in [-0.39, 0.29) is 12.5 Å². The predicted molar refractivity (Wildman–Crippen MR) is 80.1 cm³/mol. The molecule has 5 heteroatoms. The number of rotatable bonds is 4.